The molecule has 2 heterocycles. The molecule has 152 valence electrons. The normalized spacial score (nSPS) is 10.8. The Labute approximate surface area is 176 Å². The molecule has 0 radical (unpaired) electrons. The van der Waals surface area contributed by atoms with Crippen molar-refractivity contribution in [2.75, 3.05) is 12.9 Å². The van der Waals surface area contributed by atoms with Gasteiger partial charge in [0, 0.05) is 17.3 Å². The molecule has 1 N–H and O–H groups in total. The zero-order chi connectivity index (χ0) is 20.9. The van der Waals surface area contributed by atoms with Crippen LogP contribution in [-0.2, 0) is 11.4 Å². The minimum Gasteiger partial charge on any atom is -0.497 e. The lowest BCUT2D eigenvalue weighted by Gasteiger charge is -2.12. The van der Waals surface area contributed by atoms with E-state index in [-0.39, 0.29) is 12.4 Å². The highest BCUT2D eigenvalue weighted by Crippen LogP contribution is 2.27. The second-order valence-electron chi connectivity index (χ2n) is 6.23. The molecule has 0 aliphatic carbocycles. The third-order valence-corrected chi connectivity index (χ3v) is 5.22. The van der Waals surface area contributed by atoms with E-state index in [1.165, 1.54) is 0 Å². The molecule has 0 aliphatic rings. The van der Waals surface area contributed by atoms with Crippen LogP contribution < -0.4 is 9.47 Å². The predicted octanol–water partition coefficient (Wildman–Crippen LogP) is 3.58. The number of para-hydroxylation sites is 1. The van der Waals surface area contributed by atoms with E-state index in [2.05, 4.69) is 15.2 Å². The number of ether oxygens (including phenoxy) is 2. The van der Waals surface area contributed by atoms with Gasteiger partial charge in [-0.05, 0) is 36.4 Å². The fourth-order valence-corrected chi connectivity index (χ4v) is 3.63. The number of pyridine rings is 1. The fourth-order valence-electron chi connectivity index (χ4n) is 2.94. The smallest absolute Gasteiger partial charge is 0.313 e. The van der Waals surface area contributed by atoms with Crippen LogP contribution in [0.25, 0.3) is 16.6 Å². The predicted molar refractivity (Wildman–Crippen MR) is 112 cm³/mol. The largest absolute Gasteiger partial charge is 0.497 e. The number of carbonyl (C=O) groups is 1. The van der Waals surface area contributed by atoms with Crippen LogP contribution in [0, 0.1) is 0 Å². The minimum atomic E-state index is -0.927. The first-order chi connectivity index (χ1) is 14.7. The highest BCUT2D eigenvalue weighted by Gasteiger charge is 2.17. The van der Waals surface area contributed by atoms with Crippen molar-refractivity contribution in [3.05, 3.63) is 66.6 Å². The van der Waals surface area contributed by atoms with Gasteiger partial charge in [-0.25, -0.2) is 0 Å². The van der Waals surface area contributed by atoms with Crippen molar-refractivity contribution in [3.8, 4) is 17.2 Å². The summed E-state index contributed by atoms with van der Waals surface area (Å²) in [5, 5.41) is 18.9. The minimum absolute atomic E-state index is 0.123. The molecule has 0 atom stereocenters. The van der Waals surface area contributed by atoms with Gasteiger partial charge in [-0.15, -0.1) is 10.2 Å². The summed E-state index contributed by atoms with van der Waals surface area (Å²) >= 11 is 1.10. The summed E-state index contributed by atoms with van der Waals surface area (Å²) in [6, 6.07) is 16.9. The van der Waals surface area contributed by atoms with Crippen LogP contribution >= 0.6 is 11.8 Å². The SMILES string of the molecule is COc1ccc(-n2c(COc3cccc4cccnc34)nnc2SCC(=O)O)cc1. The van der Waals surface area contributed by atoms with Gasteiger partial charge in [-0.1, -0.05) is 30.0 Å². The molecule has 4 aromatic rings. The maximum atomic E-state index is 11.0. The number of aromatic nitrogens is 4. The molecule has 9 heteroatoms. The Morgan fingerprint density at radius 3 is 2.67 bits per heavy atom. The van der Waals surface area contributed by atoms with Gasteiger partial charge in [-0.3, -0.25) is 14.3 Å². The number of hydrogen-bond donors (Lipinski definition) is 1. The number of thioether (sulfide) groups is 1. The third-order valence-electron chi connectivity index (χ3n) is 4.31. The Hall–Kier alpha value is -3.59. The quantitative estimate of drug-likeness (QED) is 0.430. The van der Waals surface area contributed by atoms with Crippen molar-refractivity contribution in [2.45, 2.75) is 11.8 Å². The fraction of sp³-hybridized carbons (Fsp3) is 0.143. The number of nitrogens with zero attached hydrogens (tertiary/aromatic N) is 4. The van der Waals surface area contributed by atoms with Gasteiger partial charge in [0.25, 0.3) is 0 Å². The average molecular weight is 422 g/mol. The molecular formula is C21H18N4O4S. The Kier molecular flexibility index (Phi) is 5.80. The monoisotopic (exact) mass is 422 g/mol. The van der Waals surface area contributed by atoms with E-state index in [0.29, 0.717) is 22.5 Å². The summed E-state index contributed by atoms with van der Waals surface area (Å²) in [5.74, 6) is 0.843. The van der Waals surface area contributed by atoms with Crippen molar-refractivity contribution in [3.63, 3.8) is 0 Å². The number of benzene rings is 2. The molecule has 0 saturated carbocycles. The number of hydrogen-bond acceptors (Lipinski definition) is 7. The van der Waals surface area contributed by atoms with Crippen LogP contribution in [0.3, 0.4) is 0 Å². The Balaban J connectivity index is 1.65. The Morgan fingerprint density at radius 1 is 1.10 bits per heavy atom. The van der Waals surface area contributed by atoms with Crippen molar-refractivity contribution >= 4 is 28.6 Å². The van der Waals surface area contributed by atoms with E-state index in [0.717, 1.165) is 28.4 Å². The third kappa shape index (κ3) is 4.20. The number of carboxylic acid groups (broad SMARTS) is 1. The number of carboxylic acids is 1. The number of rotatable bonds is 8. The molecule has 0 bridgehead atoms. The van der Waals surface area contributed by atoms with Gasteiger partial charge >= 0.3 is 5.97 Å². The first kappa shape index (κ1) is 19.7. The zero-order valence-corrected chi connectivity index (χ0v) is 16.9. The molecule has 0 spiro atoms. The zero-order valence-electron chi connectivity index (χ0n) is 16.1. The summed E-state index contributed by atoms with van der Waals surface area (Å²) in [6.45, 7) is 0.141. The summed E-state index contributed by atoms with van der Waals surface area (Å²) in [4.78, 5) is 15.4. The molecule has 0 saturated heterocycles. The lowest BCUT2D eigenvalue weighted by Crippen LogP contribution is -2.08. The van der Waals surface area contributed by atoms with Gasteiger partial charge in [0.1, 0.15) is 23.6 Å². The van der Waals surface area contributed by atoms with E-state index in [9.17, 15) is 4.79 Å². The van der Waals surface area contributed by atoms with Crippen LogP contribution in [0.1, 0.15) is 5.82 Å². The van der Waals surface area contributed by atoms with Crippen molar-refractivity contribution in [1.82, 2.24) is 19.7 Å². The molecule has 0 fully saturated rings. The van der Waals surface area contributed by atoms with E-state index in [4.69, 9.17) is 14.6 Å². The van der Waals surface area contributed by atoms with E-state index in [1.54, 1.807) is 17.9 Å². The van der Waals surface area contributed by atoms with Gasteiger partial charge in [0.15, 0.2) is 11.0 Å². The topological polar surface area (TPSA) is 99.4 Å². The van der Waals surface area contributed by atoms with Crippen molar-refractivity contribution in [2.24, 2.45) is 0 Å². The molecule has 0 unspecified atom stereocenters. The number of fused-ring (bicyclic) bond motifs is 1. The highest BCUT2D eigenvalue weighted by atomic mass is 32.2. The summed E-state index contributed by atoms with van der Waals surface area (Å²) < 4.78 is 13.0. The molecule has 4 rings (SSSR count). The van der Waals surface area contributed by atoms with E-state index in [1.807, 2.05) is 54.6 Å². The summed E-state index contributed by atoms with van der Waals surface area (Å²) in [5.41, 5.74) is 1.54. The van der Waals surface area contributed by atoms with Crippen LogP contribution in [0.5, 0.6) is 11.5 Å². The van der Waals surface area contributed by atoms with Crippen LogP contribution in [0.2, 0.25) is 0 Å². The molecule has 0 amide bonds. The van der Waals surface area contributed by atoms with Crippen LogP contribution in [-0.4, -0.2) is 43.7 Å². The van der Waals surface area contributed by atoms with E-state index >= 15 is 0 Å². The molecular weight excluding hydrogens is 404 g/mol. The molecule has 8 nitrogen and oxygen atoms in total. The van der Waals surface area contributed by atoms with Crippen LogP contribution in [0.15, 0.2) is 66.0 Å². The average Bonchev–Trinajstić information content (AvgIpc) is 3.19. The highest BCUT2D eigenvalue weighted by molar-refractivity contribution is 7.99. The molecule has 0 aliphatic heterocycles. The second kappa shape index (κ2) is 8.83. The standard InChI is InChI=1S/C21H18N4O4S/c1-28-16-9-7-15(8-10-16)25-18(23-24-21(25)30-13-19(26)27)12-29-17-6-2-4-14-5-3-11-22-20(14)17/h2-11H,12-13H2,1H3,(H,26,27). The molecule has 30 heavy (non-hydrogen) atoms. The van der Waals surface area contributed by atoms with Crippen LogP contribution in [0.4, 0.5) is 0 Å². The summed E-state index contributed by atoms with van der Waals surface area (Å²) in [7, 11) is 1.60. The summed E-state index contributed by atoms with van der Waals surface area (Å²) in [6.07, 6.45) is 1.72. The number of methoxy groups -OCH3 is 1. The first-order valence-corrected chi connectivity index (χ1v) is 10.0. The van der Waals surface area contributed by atoms with Gasteiger partial charge in [0.2, 0.25) is 0 Å². The van der Waals surface area contributed by atoms with E-state index < -0.39 is 5.97 Å². The molecule has 2 aromatic heterocycles. The number of aliphatic carboxylic acids is 1. The van der Waals surface area contributed by atoms with Gasteiger partial charge in [-0.2, -0.15) is 0 Å². The maximum Gasteiger partial charge on any atom is 0.313 e. The lowest BCUT2D eigenvalue weighted by atomic mass is 10.2. The van der Waals surface area contributed by atoms with Gasteiger partial charge < -0.3 is 14.6 Å². The Bertz CT molecular complexity index is 1170. The van der Waals surface area contributed by atoms with Crippen molar-refractivity contribution in [1.29, 1.82) is 0 Å². The first-order valence-electron chi connectivity index (χ1n) is 9.05. The maximum absolute atomic E-state index is 11.0. The van der Waals surface area contributed by atoms with Gasteiger partial charge in [0.05, 0.1) is 12.9 Å². The Morgan fingerprint density at radius 2 is 1.90 bits per heavy atom. The molecule has 2 aromatic carbocycles. The second-order valence-corrected chi connectivity index (χ2v) is 7.18. The lowest BCUT2D eigenvalue weighted by molar-refractivity contribution is -0.133. The van der Waals surface area contributed by atoms with Crippen molar-refractivity contribution < 1.29 is 19.4 Å².